The van der Waals surface area contributed by atoms with Crippen molar-refractivity contribution >= 4 is 93.1 Å². The number of hydrogen-bond donors (Lipinski definition) is 0. The summed E-state index contributed by atoms with van der Waals surface area (Å²) in [6.07, 6.45) is 0. The van der Waals surface area contributed by atoms with Crippen molar-refractivity contribution in [3.05, 3.63) is 182 Å². The molecule has 0 spiro atoms. The van der Waals surface area contributed by atoms with Gasteiger partial charge in [-0.1, -0.05) is 115 Å². The van der Waals surface area contributed by atoms with E-state index in [9.17, 15) is 0 Å². The number of anilines is 3. The van der Waals surface area contributed by atoms with E-state index in [2.05, 4.69) is 191 Å². The van der Waals surface area contributed by atoms with E-state index in [4.69, 9.17) is 4.42 Å². The topological polar surface area (TPSA) is 21.3 Å². The Kier molecular flexibility index (Phi) is 5.96. The van der Waals surface area contributed by atoms with Crippen molar-refractivity contribution in [2.45, 2.75) is 0 Å². The summed E-state index contributed by atoms with van der Waals surface area (Å²) >= 11 is 0. The molecule has 3 nitrogen and oxygen atoms in total. The molecule has 2 heterocycles. The van der Waals surface area contributed by atoms with Gasteiger partial charge < -0.3 is 13.9 Å². The third-order valence-corrected chi connectivity index (χ3v) is 10.5. The molecule has 0 amide bonds. The zero-order chi connectivity index (χ0) is 33.5. The molecule has 0 unspecified atom stereocenters. The van der Waals surface area contributed by atoms with Crippen molar-refractivity contribution in [2.24, 2.45) is 0 Å². The number of para-hydroxylation sites is 1. The lowest BCUT2D eigenvalue weighted by molar-refractivity contribution is 0.669. The number of nitrogens with zero attached hydrogens (tertiary/aromatic N) is 2. The van der Waals surface area contributed by atoms with Crippen LogP contribution < -0.4 is 4.90 Å². The maximum Gasteiger partial charge on any atom is 0.137 e. The highest BCUT2D eigenvalue weighted by molar-refractivity contribution is 6.22. The molecule has 11 aromatic rings. The fourth-order valence-electron chi connectivity index (χ4n) is 8.21. The Morgan fingerprint density at radius 1 is 0.353 bits per heavy atom. The van der Waals surface area contributed by atoms with Gasteiger partial charge in [0.05, 0.1) is 11.0 Å². The first kappa shape index (κ1) is 28.0. The van der Waals surface area contributed by atoms with Gasteiger partial charge in [0, 0.05) is 50.4 Å². The van der Waals surface area contributed by atoms with Crippen LogP contribution in [0.5, 0.6) is 0 Å². The average Bonchev–Trinajstić information content (AvgIpc) is 3.74. The third-order valence-electron chi connectivity index (χ3n) is 10.5. The van der Waals surface area contributed by atoms with Gasteiger partial charge >= 0.3 is 0 Å². The molecule has 0 atom stereocenters. The van der Waals surface area contributed by atoms with E-state index < -0.39 is 0 Å². The number of benzene rings is 9. The van der Waals surface area contributed by atoms with Crippen LogP contribution in [-0.2, 0) is 0 Å². The van der Waals surface area contributed by atoms with Crippen molar-refractivity contribution in [1.29, 1.82) is 0 Å². The Morgan fingerprint density at radius 2 is 0.980 bits per heavy atom. The zero-order valence-corrected chi connectivity index (χ0v) is 27.6. The molecule has 2 aromatic heterocycles. The molecule has 238 valence electrons. The molecule has 51 heavy (non-hydrogen) atoms. The Labute approximate surface area is 293 Å². The predicted octanol–water partition coefficient (Wildman–Crippen LogP) is 13.6. The summed E-state index contributed by atoms with van der Waals surface area (Å²) < 4.78 is 8.99. The highest BCUT2D eigenvalue weighted by Crippen LogP contribution is 2.43. The fraction of sp³-hybridized carbons (Fsp3) is 0. The molecule has 0 aliphatic rings. The monoisotopic (exact) mass is 650 g/mol. The molecule has 0 saturated carbocycles. The van der Waals surface area contributed by atoms with Crippen LogP contribution in [0.25, 0.3) is 81.7 Å². The minimum atomic E-state index is 0.873. The maximum absolute atomic E-state index is 6.56. The van der Waals surface area contributed by atoms with Gasteiger partial charge in [-0.25, -0.2) is 0 Å². The van der Waals surface area contributed by atoms with Gasteiger partial charge in [-0.15, -0.1) is 0 Å². The SMILES string of the molecule is c1ccc(N(c2ccc3c(c2)oc2ccc4ccccc4c23)c2ccc3c4c5ccccc5ccc4n(-c4ccc5ccccc5c4)c3c2)cc1. The second-order valence-corrected chi connectivity index (χ2v) is 13.4. The van der Waals surface area contributed by atoms with Gasteiger partial charge in [-0.2, -0.15) is 0 Å². The van der Waals surface area contributed by atoms with Crippen LogP contribution in [-0.4, -0.2) is 4.57 Å². The number of rotatable bonds is 4. The second kappa shape index (κ2) is 10.8. The van der Waals surface area contributed by atoms with E-state index in [0.29, 0.717) is 0 Å². The maximum atomic E-state index is 6.56. The molecule has 0 bridgehead atoms. The number of hydrogen-bond acceptors (Lipinski definition) is 2. The molecule has 0 fully saturated rings. The average molecular weight is 651 g/mol. The van der Waals surface area contributed by atoms with Gasteiger partial charge in [0.15, 0.2) is 0 Å². The molecule has 9 aromatic carbocycles. The molecule has 0 radical (unpaired) electrons. The predicted molar refractivity (Wildman–Crippen MR) is 215 cm³/mol. The first-order valence-electron chi connectivity index (χ1n) is 17.4. The standard InChI is InChI=1S/C48H30N2O/c1-2-14-35(15-3-1)49(38-23-25-42-46(30-38)51-45-27-20-33-12-7-9-17-40(33)48(42)45)37-22-24-41-44(29-37)50(36-21-18-31-10-4-5-13-34(31)28-36)43-26-19-32-11-6-8-16-39(32)47(41)43/h1-30H. The van der Waals surface area contributed by atoms with E-state index in [-0.39, 0.29) is 0 Å². The molecule has 11 rings (SSSR count). The Balaban J connectivity index is 1.18. The summed E-state index contributed by atoms with van der Waals surface area (Å²) in [6.45, 7) is 0. The van der Waals surface area contributed by atoms with Crippen molar-refractivity contribution in [1.82, 2.24) is 4.57 Å². The number of aromatic nitrogens is 1. The first-order valence-corrected chi connectivity index (χ1v) is 17.4. The first-order chi connectivity index (χ1) is 25.3. The lowest BCUT2D eigenvalue weighted by atomic mass is 10.0. The van der Waals surface area contributed by atoms with E-state index >= 15 is 0 Å². The minimum absolute atomic E-state index is 0.873. The van der Waals surface area contributed by atoms with Crippen molar-refractivity contribution in [3.63, 3.8) is 0 Å². The van der Waals surface area contributed by atoms with Crippen molar-refractivity contribution in [2.75, 3.05) is 4.90 Å². The summed E-state index contributed by atoms with van der Waals surface area (Å²) in [5.41, 5.74) is 8.46. The zero-order valence-electron chi connectivity index (χ0n) is 27.6. The van der Waals surface area contributed by atoms with E-state index in [1.165, 1.54) is 48.6 Å². The van der Waals surface area contributed by atoms with E-state index in [1.54, 1.807) is 0 Å². The number of furan rings is 1. The smallest absolute Gasteiger partial charge is 0.137 e. The quantitative estimate of drug-likeness (QED) is 0.189. The fourth-order valence-corrected chi connectivity index (χ4v) is 8.21. The summed E-state index contributed by atoms with van der Waals surface area (Å²) in [4.78, 5) is 2.34. The molecule has 0 N–H and O–H groups in total. The second-order valence-electron chi connectivity index (χ2n) is 13.4. The van der Waals surface area contributed by atoms with Crippen LogP contribution >= 0.6 is 0 Å². The van der Waals surface area contributed by atoms with Crippen LogP contribution in [0.1, 0.15) is 0 Å². The Morgan fingerprint density at radius 3 is 1.78 bits per heavy atom. The highest BCUT2D eigenvalue weighted by atomic mass is 16.3. The van der Waals surface area contributed by atoms with Crippen LogP contribution in [0.4, 0.5) is 17.1 Å². The summed E-state index contributed by atoms with van der Waals surface area (Å²) in [5.74, 6) is 0. The summed E-state index contributed by atoms with van der Waals surface area (Å²) in [7, 11) is 0. The normalized spacial score (nSPS) is 11.9. The lowest BCUT2D eigenvalue weighted by Gasteiger charge is -2.25. The van der Waals surface area contributed by atoms with Gasteiger partial charge in [0.25, 0.3) is 0 Å². The van der Waals surface area contributed by atoms with Gasteiger partial charge in [-0.3, -0.25) is 0 Å². The van der Waals surface area contributed by atoms with Gasteiger partial charge in [-0.05, 0) is 93.0 Å². The van der Waals surface area contributed by atoms with Crippen LogP contribution in [0, 0.1) is 0 Å². The van der Waals surface area contributed by atoms with Crippen molar-refractivity contribution in [3.8, 4) is 5.69 Å². The van der Waals surface area contributed by atoms with Crippen LogP contribution in [0.15, 0.2) is 186 Å². The minimum Gasteiger partial charge on any atom is -0.456 e. The molecule has 0 saturated heterocycles. The summed E-state index contributed by atoms with van der Waals surface area (Å²) in [5, 5.41) is 12.2. The molecular weight excluding hydrogens is 621 g/mol. The van der Waals surface area contributed by atoms with Crippen LogP contribution in [0.3, 0.4) is 0 Å². The molecular formula is C48H30N2O. The highest BCUT2D eigenvalue weighted by Gasteiger charge is 2.20. The van der Waals surface area contributed by atoms with Crippen molar-refractivity contribution < 1.29 is 4.42 Å². The Hall–Kier alpha value is -6.84. The molecule has 0 aliphatic carbocycles. The Bertz CT molecular complexity index is 3150. The van der Waals surface area contributed by atoms with Gasteiger partial charge in [0.2, 0.25) is 0 Å². The summed E-state index contributed by atoms with van der Waals surface area (Å²) in [6, 6.07) is 65.6. The van der Waals surface area contributed by atoms with Gasteiger partial charge in [0.1, 0.15) is 11.2 Å². The molecule has 3 heteroatoms. The lowest BCUT2D eigenvalue weighted by Crippen LogP contribution is -2.09. The largest absolute Gasteiger partial charge is 0.456 e. The van der Waals surface area contributed by atoms with E-state index in [0.717, 1.165) is 50.2 Å². The van der Waals surface area contributed by atoms with Crippen LogP contribution in [0.2, 0.25) is 0 Å². The molecule has 0 aliphatic heterocycles. The van der Waals surface area contributed by atoms with E-state index in [1.807, 2.05) is 0 Å². The third kappa shape index (κ3) is 4.25. The number of fused-ring (bicyclic) bond motifs is 11.